The number of carbonyl (C=O) groups excluding carboxylic acids is 2. The van der Waals surface area contributed by atoms with Gasteiger partial charge >= 0.3 is 5.97 Å². The summed E-state index contributed by atoms with van der Waals surface area (Å²) in [5, 5.41) is 0. The molecule has 74 valence electrons. The van der Waals surface area contributed by atoms with Crippen LogP contribution in [0, 0.1) is 0 Å². The Balaban J connectivity index is 2.12. The van der Waals surface area contributed by atoms with E-state index in [1.807, 2.05) is 4.90 Å². The zero-order valence-electron chi connectivity index (χ0n) is 7.91. The van der Waals surface area contributed by atoms with Crippen molar-refractivity contribution in [3.05, 3.63) is 0 Å². The van der Waals surface area contributed by atoms with E-state index in [2.05, 4.69) is 4.74 Å². The molecule has 0 atom stereocenters. The molecule has 0 bridgehead atoms. The van der Waals surface area contributed by atoms with Gasteiger partial charge in [-0.05, 0) is 12.8 Å². The van der Waals surface area contributed by atoms with Crippen LogP contribution in [-0.2, 0) is 14.3 Å². The molecule has 0 aliphatic carbocycles. The Bertz CT molecular complexity index is 203. The molecule has 13 heavy (non-hydrogen) atoms. The molecule has 0 unspecified atom stereocenters. The van der Waals surface area contributed by atoms with Crippen LogP contribution >= 0.6 is 0 Å². The highest BCUT2D eigenvalue weighted by molar-refractivity contribution is 5.78. The van der Waals surface area contributed by atoms with Gasteiger partial charge in [-0.1, -0.05) is 0 Å². The third kappa shape index (κ3) is 3.05. The molecule has 0 aromatic rings. The number of rotatable bonds is 4. The normalized spacial score (nSPS) is 16.4. The lowest BCUT2D eigenvalue weighted by Crippen LogP contribution is -2.26. The smallest absolute Gasteiger partial charge is 0.305 e. The van der Waals surface area contributed by atoms with Crippen LogP contribution < -0.4 is 0 Å². The number of methoxy groups -OCH3 is 1. The number of hydrogen-bond donors (Lipinski definition) is 0. The highest BCUT2D eigenvalue weighted by Gasteiger charge is 2.19. The number of amides is 1. The van der Waals surface area contributed by atoms with Gasteiger partial charge in [0.05, 0.1) is 7.11 Å². The van der Waals surface area contributed by atoms with Gasteiger partial charge in [-0.15, -0.1) is 0 Å². The number of likely N-dealkylation sites (tertiary alicyclic amines) is 1. The summed E-state index contributed by atoms with van der Waals surface area (Å²) in [7, 11) is 1.38. The second-order valence-electron chi connectivity index (χ2n) is 3.16. The predicted octanol–water partition coefficient (Wildman–Crippen LogP) is 0.562. The van der Waals surface area contributed by atoms with Gasteiger partial charge in [0.25, 0.3) is 0 Å². The summed E-state index contributed by atoms with van der Waals surface area (Å²) in [6.07, 6.45) is 2.73. The fourth-order valence-corrected chi connectivity index (χ4v) is 1.46. The molecule has 0 aromatic carbocycles. The van der Waals surface area contributed by atoms with Crippen molar-refractivity contribution >= 4 is 11.9 Å². The van der Waals surface area contributed by atoms with Crippen molar-refractivity contribution in [1.82, 2.24) is 4.90 Å². The molecule has 1 amide bonds. The maximum Gasteiger partial charge on any atom is 0.305 e. The van der Waals surface area contributed by atoms with E-state index in [1.54, 1.807) is 0 Å². The first-order chi connectivity index (χ1) is 6.24. The monoisotopic (exact) mass is 185 g/mol. The molecule has 0 aromatic heterocycles. The quantitative estimate of drug-likeness (QED) is 0.601. The van der Waals surface area contributed by atoms with E-state index >= 15 is 0 Å². The number of carbonyl (C=O) groups is 2. The summed E-state index contributed by atoms with van der Waals surface area (Å²) < 4.78 is 4.50. The van der Waals surface area contributed by atoms with Crippen molar-refractivity contribution in [3.63, 3.8) is 0 Å². The Morgan fingerprint density at radius 3 is 2.92 bits per heavy atom. The topological polar surface area (TPSA) is 46.6 Å². The highest BCUT2D eigenvalue weighted by atomic mass is 16.5. The van der Waals surface area contributed by atoms with Gasteiger partial charge in [0, 0.05) is 25.9 Å². The lowest BCUT2D eigenvalue weighted by atomic mass is 10.3. The zero-order valence-corrected chi connectivity index (χ0v) is 7.91. The van der Waals surface area contributed by atoms with E-state index in [4.69, 9.17) is 0 Å². The average Bonchev–Trinajstić information content (AvgIpc) is 2.52. The van der Waals surface area contributed by atoms with E-state index in [-0.39, 0.29) is 11.9 Å². The second kappa shape index (κ2) is 4.84. The maximum absolute atomic E-state index is 11.1. The third-order valence-corrected chi connectivity index (χ3v) is 2.21. The summed E-state index contributed by atoms with van der Waals surface area (Å²) in [6, 6.07) is 0. The third-order valence-electron chi connectivity index (χ3n) is 2.21. The van der Waals surface area contributed by atoms with Gasteiger partial charge in [-0.3, -0.25) is 9.59 Å². The van der Waals surface area contributed by atoms with Crippen LogP contribution in [0.15, 0.2) is 0 Å². The van der Waals surface area contributed by atoms with E-state index in [0.717, 1.165) is 13.0 Å². The highest BCUT2D eigenvalue weighted by Crippen LogP contribution is 2.10. The molecule has 1 heterocycles. The van der Waals surface area contributed by atoms with Crippen molar-refractivity contribution in [2.75, 3.05) is 20.2 Å². The molecule has 1 fully saturated rings. The van der Waals surface area contributed by atoms with Crippen molar-refractivity contribution in [2.45, 2.75) is 25.7 Å². The Morgan fingerprint density at radius 2 is 2.38 bits per heavy atom. The average molecular weight is 185 g/mol. The number of esters is 1. The molecular weight excluding hydrogens is 170 g/mol. The second-order valence-corrected chi connectivity index (χ2v) is 3.16. The van der Waals surface area contributed by atoms with E-state index in [9.17, 15) is 9.59 Å². The summed E-state index contributed by atoms with van der Waals surface area (Å²) in [5.74, 6) is 0.0107. The minimum atomic E-state index is -0.202. The largest absolute Gasteiger partial charge is 0.469 e. The molecule has 4 nitrogen and oxygen atoms in total. The lowest BCUT2D eigenvalue weighted by Gasteiger charge is -2.14. The molecule has 1 saturated heterocycles. The molecule has 1 aliphatic heterocycles. The van der Waals surface area contributed by atoms with Crippen molar-refractivity contribution in [2.24, 2.45) is 0 Å². The fraction of sp³-hybridized carbons (Fsp3) is 0.778. The van der Waals surface area contributed by atoms with Crippen molar-refractivity contribution in [3.8, 4) is 0 Å². The summed E-state index contributed by atoms with van der Waals surface area (Å²) in [4.78, 5) is 23.7. The van der Waals surface area contributed by atoms with Crippen LogP contribution in [-0.4, -0.2) is 37.0 Å². The van der Waals surface area contributed by atoms with Gasteiger partial charge in [0.15, 0.2) is 0 Å². The number of ether oxygens (including phenoxy) is 1. The molecule has 0 radical (unpaired) electrons. The van der Waals surface area contributed by atoms with Crippen LogP contribution in [0.25, 0.3) is 0 Å². The van der Waals surface area contributed by atoms with Crippen LogP contribution in [0.2, 0.25) is 0 Å². The fourth-order valence-electron chi connectivity index (χ4n) is 1.46. The van der Waals surface area contributed by atoms with Crippen molar-refractivity contribution < 1.29 is 14.3 Å². The Kier molecular flexibility index (Phi) is 3.73. The first-order valence-corrected chi connectivity index (χ1v) is 4.58. The van der Waals surface area contributed by atoms with Crippen LogP contribution in [0.3, 0.4) is 0 Å². The molecule has 1 aliphatic rings. The molecule has 0 spiro atoms. The molecule has 4 heteroatoms. The van der Waals surface area contributed by atoms with E-state index in [1.165, 1.54) is 7.11 Å². The van der Waals surface area contributed by atoms with E-state index in [0.29, 0.717) is 25.8 Å². The standard InChI is InChI=1S/C9H15NO3/c1-13-9(12)5-3-7-10-6-2-4-8(10)11/h2-7H2,1H3. The Hall–Kier alpha value is -1.06. The predicted molar refractivity (Wildman–Crippen MR) is 47.1 cm³/mol. The van der Waals surface area contributed by atoms with Gasteiger partial charge in [0.1, 0.15) is 0 Å². The molecule has 0 saturated carbocycles. The summed E-state index contributed by atoms with van der Waals surface area (Å²) in [6.45, 7) is 1.54. The van der Waals surface area contributed by atoms with Gasteiger partial charge in [0.2, 0.25) is 5.91 Å². The van der Waals surface area contributed by atoms with Gasteiger partial charge in [-0.25, -0.2) is 0 Å². The first-order valence-electron chi connectivity index (χ1n) is 4.58. The molecule has 0 N–H and O–H groups in total. The SMILES string of the molecule is COC(=O)CCCN1CCCC1=O. The van der Waals surface area contributed by atoms with Crippen molar-refractivity contribution in [1.29, 1.82) is 0 Å². The number of nitrogens with zero attached hydrogens (tertiary/aromatic N) is 1. The van der Waals surface area contributed by atoms with Gasteiger partial charge in [-0.2, -0.15) is 0 Å². The lowest BCUT2D eigenvalue weighted by molar-refractivity contribution is -0.141. The molecular formula is C9H15NO3. The Labute approximate surface area is 77.8 Å². The first kappa shape index (κ1) is 10.0. The number of hydrogen-bond acceptors (Lipinski definition) is 3. The Morgan fingerprint density at radius 1 is 1.62 bits per heavy atom. The van der Waals surface area contributed by atoms with Crippen LogP contribution in [0.1, 0.15) is 25.7 Å². The maximum atomic E-state index is 11.1. The minimum Gasteiger partial charge on any atom is -0.469 e. The van der Waals surface area contributed by atoms with Crippen LogP contribution in [0.4, 0.5) is 0 Å². The summed E-state index contributed by atoms with van der Waals surface area (Å²) >= 11 is 0. The minimum absolute atomic E-state index is 0.202. The van der Waals surface area contributed by atoms with E-state index < -0.39 is 0 Å². The molecule has 1 rings (SSSR count). The van der Waals surface area contributed by atoms with Crippen LogP contribution in [0.5, 0.6) is 0 Å². The zero-order chi connectivity index (χ0) is 9.68. The summed E-state index contributed by atoms with van der Waals surface area (Å²) in [5.41, 5.74) is 0. The van der Waals surface area contributed by atoms with Gasteiger partial charge < -0.3 is 9.64 Å².